The lowest BCUT2D eigenvalue weighted by Crippen LogP contribution is -2.30. The lowest BCUT2D eigenvalue weighted by molar-refractivity contribution is 0.101. The normalized spacial score (nSPS) is 10.2. The van der Waals surface area contributed by atoms with Gasteiger partial charge in [0, 0.05) is 37.5 Å². The number of carbonyl (C=O) groups is 2. The van der Waals surface area contributed by atoms with Gasteiger partial charge in [-0.3, -0.25) is 9.48 Å². The molecule has 0 unspecified atom stereocenters. The SMILES string of the molecule is CC(=O)c1ccc(NC(=O)NCCc2ccn(C)n2)cc1. The van der Waals surface area contributed by atoms with Crippen molar-refractivity contribution in [1.29, 1.82) is 0 Å². The average Bonchev–Trinajstić information content (AvgIpc) is 2.85. The van der Waals surface area contributed by atoms with E-state index in [1.807, 2.05) is 19.3 Å². The summed E-state index contributed by atoms with van der Waals surface area (Å²) in [5, 5.41) is 9.70. The molecule has 0 radical (unpaired) electrons. The van der Waals surface area contributed by atoms with Crippen LogP contribution in [0.15, 0.2) is 36.5 Å². The number of hydrogen-bond acceptors (Lipinski definition) is 3. The molecule has 0 fully saturated rings. The minimum atomic E-state index is -0.276. The van der Waals surface area contributed by atoms with E-state index >= 15 is 0 Å². The van der Waals surface area contributed by atoms with Gasteiger partial charge < -0.3 is 10.6 Å². The summed E-state index contributed by atoms with van der Waals surface area (Å²) < 4.78 is 1.73. The lowest BCUT2D eigenvalue weighted by atomic mass is 10.1. The Bertz CT molecular complexity index is 631. The van der Waals surface area contributed by atoms with Gasteiger partial charge in [-0.1, -0.05) is 0 Å². The van der Waals surface area contributed by atoms with Gasteiger partial charge in [0.25, 0.3) is 0 Å². The molecule has 1 heterocycles. The largest absolute Gasteiger partial charge is 0.337 e. The number of Topliss-reactive ketones (excluding diaryl/α,β-unsaturated/α-hetero) is 1. The van der Waals surface area contributed by atoms with Gasteiger partial charge in [-0.25, -0.2) is 4.79 Å². The van der Waals surface area contributed by atoms with E-state index < -0.39 is 0 Å². The first kappa shape index (κ1) is 14.8. The summed E-state index contributed by atoms with van der Waals surface area (Å²) in [4.78, 5) is 22.9. The molecular weight excluding hydrogens is 268 g/mol. The highest BCUT2D eigenvalue weighted by molar-refractivity contribution is 5.95. The maximum atomic E-state index is 11.7. The van der Waals surface area contributed by atoms with Gasteiger partial charge in [0.15, 0.2) is 5.78 Å². The first-order valence-corrected chi connectivity index (χ1v) is 6.69. The van der Waals surface area contributed by atoms with Crippen LogP contribution >= 0.6 is 0 Å². The Kier molecular flexibility index (Phi) is 4.71. The quantitative estimate of drug-likeness (QED) is 0.825. The van der Waals surface area contributed by atoms with Gasteiger partial charge in [0.2, 0.25) is 0 Å². The molecule has 110 valence electrons. The molecule has 2 rings (SSSR count). The number of nitrogens with one attached hydrogen (secondary N) is 2. The van der Waals surface area contributed by atoms with E-state index in [4.69, 9.17) is 0 Å². The molecule has 2 aromatic rings. The van der Waals surface area contributed by atoms with Crippen LogP contribution in [0.5, 0.6) is 0 Å². The van der Waals surface area contributed by atoms with Gasteiger partial charge in [0.1, 0.15) is 0 Å². The Balaban J connectivity index is 1.77. The molecule has 2 amide bonds. The van der Waals surface area contributed by atoms with Gasteiger partial charge in [-0.2, -0.15) is 5.10 Å². The topological polar surface area (TPSA) is 76.0 Å². The zero-order chi connectivity index (χ0) is 15.2. The molecule has 1 aromatic heterocycles. The summed E-state index contributed by atoms with van der Waals surface area (Å²) in [6.07, 6.45) is 2.55. The van der Waals surface area contributed by atoms with E-state index in [1.54, 1.807) is 28.9 Å². The second-order valence-corrected chi connectivity index (χ2v) is 4.75. The van der Waals surface area contributed by atoms with E-state index in [9.17, 15) is 9.59 Å². The molecule has 6 nitrogen and oxygen atoms in total. The number of urea groups is 1. The molecular formula is C15H18N4O2. The predicted molar refractivity (Wildman–Crippen MR) is 80.4 cm³/mol. The van der Waals surface area contributed by atoms with Crippen molar-refractivity contribution in [2.75, 3.05) is 11.9 Å². The molecule has 6 heteroatoms. The number of amides is 2. The molecule has 0 spiro atoms. The van der Waals surface area contributed by atoms with Crippen molar-refractivity contribution in [1.82, 2.24) is 15.1 Å². The molecule has 0 saturated carbocycles. The van der Waals surface area contributed by atoms with E-state index in [1.165, 1.54) is 6.92 Å². The van der Waals surface area contributed by atoms with Crippen LogP contribution in [0.4, 0.5) is 10.5 Å². The van der Waals surface area contributed by atoms with Crippen molar-refractivity contribution in [3.63, 3.8) is 0 Å². The van der Waals surface area contributed by atoms with Gasteiger partial charge in [-0.05, 0) is 37.3 Å². The van der Waals surface area contributed by atoms with E-state index in [0.717, 1.165) is 5.69 Å². The summed E-state index contributed by atoms with van der Waals surface area (Å²) in [5.74, 6) is 0.00126. The number of ketones is 1. The third-order valence-electron chi connectivity index (χ3n) is 2.98. The molecule has 0 saturated heterocycles. The van der Waals surface area contributed by atoms with Crippen molar-refractivity contribution < 1.29 is 9.59 Å². The second-order valence-electron chi connectivity index (χ2n) is 4.75. The number of benzene rings is 1. The molecule has 0 atom stereocenters. The lowest BCUT2D eigenvalue weighted by Gasteiger charge is -2.07. The Morgan fingerprint density at radius 3 is 2.48 bits per heavy atom. The summed E-state index contributed by atoms with van der Waals surface area (Å²) in [6.45, 7) is 2.02. The van der Waals surface area contributed by atoms with Crippen LogP contribution in [-0.4, -0.2) is 28.1 Å². The standard InChI is InChI=1S/C15H18N4O2/c1-11(20)12-3-5-13(6-4-12)17-15(21)16-9-7-14-8-10-19(2)18-14/h3-6,8,10H,7,9H2,1-2H3,(H2,16,17,21). The Hall–Kier alpha value is -2.63. The predicted octanol–water partition coefficient (Wildman–Crippen LogP) is 1.99. The van der Waals surface area contributed by atoms with Crippen LogP contribution in [0.3, 0.4) is 0 Å². The number of anilines is 1. The highest BCUT2D eigenvalue weighted by atomic mass is 16.2. The highest BCUT2D eigenvalue weighted by Crippen LogP contribution is 2.09. The summed E-state index contributed by atoms with van der Waals surface area (Å²) >= 11 is 0. The highest BCUT2D eigenvalue weighted by Gasteiger charge is 2.03. The number of nitrogens with zero attached hydrogens (tertiary/aromatic N) is 2. The number of aromatic nitrogens is 2. The fourth-order valence-corrected chi connectivity index (χ4v) is 1.86. The minimum Gasteiger partial charge on any atom is -0.337 e. The van der Waals surface area contributed by atoms with Crippen LogP contribution in [0, 0.1) is 0 Å². The van der Waals surface area contributed by atoms with E-state index in [-0.39, 0.29) is 11.8 Å². The first-order chi connectivity index (χ1) is 10.0. The first-order valence-electron chi connectivity index (χ1n) is 6.69. The molecule has 0 bridgehead atoms. The fraction of sp³-hybridized carbons (Fsp3) is 0.267. The second kappa shape index (κ2) is 6.69. The Morgan fingerprint density at radius 2 is 1.90 bits per heavy atom. The van der Waals surface area contributed by atoms with Gasteiger partial charge in [0.05, 0.1) is 5.69 Å². The zero-order valence-corrected chi connectivity index (χ0v) is 12.1. The number of carbonyl (C=O) groups excluding carboxylic acids is 2. The summed E-state index contributed by atoms with van der Waals surface area (Å²) in [6, 6.07) is 8.42. The number of hydrogen-bond donors (Lipinski definition) is 2. The van der Waals surface area contributed by atoms with Crippen LogP contribution in [0.1, 0.15) is 23.0 Å². The Morgan fingerprint density at radius 1 is 1.19 bits per heavy atom. The molecule has 2 N–H and O–H groups in total. The third kappa shape index (κ3) is 4.45. The van der Waals surface area contributed by atoms with E-state index in [2.05, 4.69) is 15.7 Å². The minimum absolute atomic E-state index is 0.00126. The molecule has 0 aliphatic rings. The van der Waals surface area contributed by atoms with Crippen molar-refractivity contribution in [2.45, 2.75) is 13.3 Å². The van der Waals surface area contributed by atoms with Crippen molar-refractivity contribution in [2.24, 2.45) is 7.05 Å². The van der Waals surface area contributed by atoms with Crippen LogP contribution in [0.25, 0.3) is 0 Å². The molecule has 0 aliphatic heterocycles. The third-order valence-corrected chi connectivity index (χ3v) is 2.98. The molecule has 0 aliphatic carbocycles. The number of rotatable bonds is 5. The number of aryl methyl sites for hydroxylation is 1. The smallest absolute Gasteiger partial charge is 0.319 e. The Labute approximate surface area is 123 Å². The van der Waals surface area contributed by atoms with Crippen LogP contribution in [0.2, 0.25) is 0 Å². The summed E-state index contributed by atoms with van der Waals surface area (Å²) in [5.41, 5.74) is 2.20. The zero-order valence-electron chi connectivity index (χ0n) is 12.1. The van der Waals surface area contributed by atoms with Crippen molar-refractivity contribution in [3.8, 4) is 0 Å². The monoisotopic (exact) mass is 286 g/mol. The van der Waals surface area contributed by atoms with Crippen LogP contribution < -0.4 is 10.6 Å². The molecule has 1 aromatic carbocycles. The average molecular weight is 286 g/mol. The van der Waals surface area contributed by atoms with Crippen molar-refractivity contribution in [3.05, 3.63) is 47.8 Å². The maximum Gasteiger partial charge on any atom is 0.319 e. The van der Waals surface area contributed by atoms with E-state index in [0.29, 0.717) is 24.2 Å². The van der Waals surface area contributed by atoms with Gasteiger partial charge in [-0.15, -0.1) is 0 Å². The van der Waals surface area contributed by atoms with Crippen LogP contribution in [-0.2, 0) is 13.5 Å². The maximum absolute atomic E-state index is 11.7. The fourth-order valence-electron chi connectivity index (χ4n) is 1.86. The summed E-state index contributed by atoms with van der Waals surface area (Å²) in [7, 11) is 1.86. The molecule has 21 heavy (non-hydrogen) atoms. The van der Waals surface area contributed by atoms with Gasteiger partial charge >= 0.3 is 6.03 Å². The van der Waals surface area contributed by atoms with Crippen molar-refractivity contribution >= 4 is 17.5 Å².